The Morgan fingerprint density at radius 3 is 2.53 bits per heavy atom. The zero-order valence-corrected chi connectivity index (χ0v) is 10.9. The number of nitriles is 1. The van der Waals surface area contributed by atoms with Gasteiger partial charge in [-0.15, -0.1) is 11.6 Å². The Hall–Kier alpha value is -1.39. The summed E-state index contributed by atoms with van der Waals surface area (Å²) in [5.74, 6) is -1.41. The van der Waals surface area contributed by atoms with Crippen molar-refractivity contribution in [2.24, 2.45) is 0 Å². The van der Waals surface area contributed by atoms with Crippen LogP contribution in [0, 0.1) is 11.3 Å². The first kappa shape index (κ1) is 15.7. The van der Waals surface area contributed by atoms with Gasteiger partial charge < -0.3 is 5.11 Å². The molecule has 8 heteroatoms. The fraction of sp³-hybridized carbons (Fsp3) is 0.273. The first-order chi connectivity index (χ1) is 8.78. The largest absolute Gasteiger partial charge is 0.481 e. The molecule has 0 radical (unpaired) electrons. The number of halogens is 4. The van der Waals surface area contributed by atoms with E-state index in [9.17, 15) is 18.0 Å². The summed E-state index contributed by atoms with van der Waals surface area (Å²) in [5, 5.41) is 17.6. The quantitative estimate of drug-likeness (QED) is 0.682. The molecule has 0 aromatic heterocycles. The molecule has 0 aliphatic rings. The second kappa shape index (κ2) is 6.17. The molecule has 0 amide bonds. The first-order valence-corrected chi connectivity index (χ1v) is 6.22. The van der Waals surface area contributed by atoms with Crippen molar-refractivity contribution in [1.82, 2.24) is 0 Å². The van der Waals surface area contributed by atoms with Gasteiger partial charge >= 0.3 is 11.5 Å². The van der Waals surface area contributed by atoms with E-state index in [1.807, 2.05) is 0 Å². The van der Waals surface area contributed by atoms with Gasteiger partial charge in [0.25, 0.3) is 0 Å². The zero-order chi connectivity index (χ0) is 14.6. The molecule has 0 aliphatic heterocycles. The maximum atomic E-state index is 12.5. The summed E-state index contributed by atoms with van der Waals surface area (Å²) in [7, 11) is 0. The average molecular weight is 310 g/mol. The number of alkyl halides is 4. The number of carbonyl (C=O) groups is 1. The summed E-state index contributed by atoms with van der Waals surface area (Å²) in [5.41, 5.74) is -4.62. The molecule has 0 saturated heterocycles. The molecule has 0 unspecified atom stereocenters. The highest BCUT2D eigenvalue weighted by atomic mass is 35.5. The van der Waals surface area contributed by atoms with Crippen LogP contribution >= 0.6 is 23.4 Å². The summed E-state index contributed by atoms with van der Waals surface area (Å²) < 4.78 is 37.5. The van der Waals surface area contributed by atoms with E-state index < -0.39 is 34.6 Å². The standard InChI is InChI=1S/C11H7ClF3NO2S/c12-4-6-1-2-7(5-16)10(19-11(13,14)15)8(6)3-9(17)18/h1-2H,3-4H2,(H,17,18). The smallest absolute Gasteiger partial charge is 0.446 e. The van der Waals surface area contributed by atoms with E-state index in [4.69, 9.17) is 22.0 Å². The topological polar surface area (TPSA) is 61.1 Å². The van der Waals surface area contributed by atoms with Crippen LogP contribution in [0.5, 0.6) is 0 Å². The number of rotatable bonds is 4. The van der Waals surface area contributed by atoms with Crippen LogP contribution in [-0.4, -0.2) is 16.6 Å². The third-order valence-electron chi connectivity index (χ3n) is 2.17. The van der Waals surface area contributed by atoms with Crippen LogP contribution in [0.3, 0.4) is 0 Å². The average Bonchev–Trinajstić information content (AvgIpc) is 2.28. The molecule has 102 valence electrons. The van der Waals surface area contributed by atoms with Crippen LogP contribution in [-0.2, 0) is 17.1 Å². The Kier molecular flexibility index (Phi) is 5.09. The van der Waals surface area contributed by atoms with Crippen LogP contribution < -0.4 is 0 Å². The van der Waals surface area contributed by atoms with Gasteiger partial charge in [-0.05, 0) is 29.0 Å². The fourth-order valence-electron chi connectivity index (χ4n) is 1.46. The maximum absolute atomic E-state index is 12.5. The molecule has 1 aromatic rings. The van der Waals surface area contributed by atoms with E-state index in [1.165, 1.54) is 12.1 Å². The van der Waals surface area contributed by atoms with Crippen molar-refractivity contribution in [3.63, 3.8) is 0 Å². The number of carboxylic acids is 1. The van der Waals surface area contributed by atoms with Gasteiger partial charge in [-0.3, -0.25) is 4.79 Å². The number of hydrogen-bond donors (Lipinski definition) is 1. The lowest BCUT2D eigenvalue weighted by Crippen LogP contribution is -2.09. The van der Waals surface area contributed by atoms with E-state index in [1.54, 1.807) is 6.07 Å². The molecule has 0 saturated carbocycles. The van der Waals surface area contributed by atoms with Gasteiger partial charge in [0.15, 0.2) is 0 Å². The van der Waals surface area contributed by atoms with Gasteiger partial charge in [0.1, 0.15) is 6.07 Å². The Bertz CT molecular complexity index is 540. The van der Waals surface area contributed by atoms with Crippen LogP contribution in [0.1, 0.15) is 16.7 Å². The maximum Gasteiger partial charge on any atom is 0.446 e. The van der Waals surface area contributed by atoms with Gasteiger partial charge in [-0.25, -0.2) is 0 Å². The Balaban J connectivity index is 3.43. The molecular weight excluding hydrogens is 303 g/mol. The second-order valence-electron chi connectivity index (χ2n) is 3.44. The number of aliphatic carboxylic acids is 1. The third kappa shape index (κ3) is 4.33. The van der Waals surface area contributed by atoms with Crippen LogP contribution in [0.2, 0.25) is 0 Å². The van der Waals surface area contributed by atoms with Crippen molar-refractivity contribution in [3.8, 4) is 6.07 Å². The van der Waals surface area contributed by atoms with Crippen molar-refractivity contribution in [3.05, 3.63) is 28.8 Å². The lowest BCUT2D eigenvalue weighted by Gasteiger charge is -2.14. The van der Waals surface area contributed by atoms with Crippen molar-refractivity contribution in [1.29, 1.82) is 5.26 Å². The minimum absolute atomic E-state index is 0.0659. The van der Waals surface area contributed by atoms with Crippen LogP contribution in [0.4, 0.5) is 13.2 Å². The molecule has 0 atom stereocenters. The minimum atomic E-state index is -4.61. The monoisotopic (exact) mass is 309 g/mol. The van der Waals surface area contributed by atoms with E-state index >= 15 is 0 Å². The second-order valence-corrected chi connectivity index (χ2v) is 4.79. The molecule has 19 heavy (non-hydrogen) atoms. The molecule has 0 bridgehead atoms. The van der Waals surface area contributed by atoms with Crippen molar-refractivity contribution >= 4 is 29.3 Å². The highest BCUT2D eigenvalue weighted by Crippen LogP contribution is 2.41. The minimum Gasteiger partial charge on any atom is -0.481 e. The summed E-state index contributed by atoms with van der Waals surface area (Å²) in [6.45, 7) is 0. The van der Waals surface area contributed by atoms with E-state index in [0.29, 0.717) is 0 Å². The molecule has 3 nitrogen and oxygen atoms in total. The Labute approximate surface area is 116 Å². The fourth-order valence-corrected chi connectivity index (χ4v) is 2.49. The van der Waals surface area contributed by atoms with Crippen LogP contribution in [0.25, 0.3) is 0 Å². The molecule has 1 aromatic carbocycles. The molecule has 1 N–H and O–H groups in total. The predicted octanol–water partition coefficient (Wildman–Crippen LogP) is 3.54. The molecule has 0 fully saturated rings. The van der Waals surface area contributed by atoms with Gasteiger partial charge in [0, 0.05) is 10.8 Å². The van der Waals surface area contributed by atoms with E-state index in [-0.39, 0.29) is 22.6 Å². The first-order valence-electron chi connectivity index (χ1n) is 4.87. The predicted molar refractivity (Wildman–Crippen MR) is 64.0 cm³/mol. The summed E-state index contributed by atoms with van der Waals surface area (Å²) in [6, 6.07) is 4.20. The lowest BCUT2D eigenvalue weighted by molar-refractivity contribution is -0.136. The van der Waals surface area contributed by atoms with E-state index in [0.717, 1.165) is 0 Å². The highest BCUT2D eigenvalue weighted by Gasteiger charge is 2.32. The zero-order valence-electron chi connectivity index (χ0n) is 9.29. The normalized spacial score (nSPS) is 11.1. The number of hydrogen-bond acceptors (Lipinski definition) is 3. The molecule has 0 spiro atoms. The molecular formula is C11H7ClF3NO2S. The molecule has 0 aliphatic carbocycles. The number of nitrogens with zero attached hydrogens (tertiary/aromatic N) is 1. The number of benzene rings is 1. The molecule has 0 heterocycles. The summed E-state index contributed by atoms with van der Waals surface area (Å²) >= 11 is 5.09. The number of thioether (sulfide) groups is 1. The van der Waals surface area contributed by atoms with Gasteiger partial charge in [-0.2, -0.15) is 18.4 Å². The third-order valence-corrected chi connectivity index (χ3v) is 3.36. The summed E-state index contributed by atoms with van der Waals surface area (Å²) in [6.07, 6.45) is -0.615. The van der Waals surface area contributed by atoms with Crippen molar-refractivity contribution in [2.75, 3.05) is 0 Å². The van der Waals surface area contributed by atoms with Gasteiger partial charge in [-0.1, -0.05) is 6.07 Å². The van der Waals surface area contributed by atoms with Gasteiger partial charge in [0.05, 0.1) is 12.0 Å². The summed E-state index contributed by atoms with van der Waals surface area (Å²) in [4.78, 5) is 10.3. The SMILES string of the molecule is N#Cc1ccc(CCl)c(CC(=O)O)c1SC(F)(F)F. The Morgan fingerprint density at radius 2 is 2.11 bits per heavy atom. The molecule has 1 rings (SSSR count). The van der Waals surface area contributed by atoms with E-state index in [2.05, 4.69) is 0 Å². The van der Waals surface area contributed by atoms with Gasteiger partial charge in [0.2, 0.25) is 0 Å². The highest BCUT2D eigenvalue weighted by molar-refractivity contribution is 8.00. The van der Waals surface area contributed by atoms with Crippen LogP contribution in [0.15, 0.2) is 17.0 Å². The van der Waals surface area contributed by atoms with Crippen molar-refractivity contribution in [2.45, 2.75) is 22.7 Å². The Morgan fingerprint density at radius 1 is 1.47 bits per heavy atom. The van der Waals surface area contributed by atoms with Crippen molar-refractivity contribution < 1.29 is 23.1 Å². The number of carboxylic acid groups (broad SMARTS) is 1. The lowest BCUT2D eigenvalue weighted by atomic mass is 10.0.